The fourth-order valence-electron chi connectivity index (χ4n) is 1.18. The van der Waals surface area contributed by atoms with Crippen LogP contribution in [0.3, 0.4) is 0 Å². The maximum absolute atomic E-state index is 6.00. The molecular formula is C11H11BrClN. The van der Waals surface area contributed by atoms with E-state index in [9.17, 15) is 0 Å². The van der Waals surface area contributed by atoms with Gasteiger partial charge in [-0.15, -0.1) is 12.3 Å². The number of rotatable bonds is 2. The van der Waals surface area contributed by atoms with Crippen LogP contribution in [-0.2, 0) is 0 Å². The molecule has 0 aromatic heterocycles. The van der Waals surface area contributed by atoms with Crippen LogP contribution in [0, 0.1) is 19.3 Å². The molecule has 0 radical (unpaired) electrons. The molecule has 74 valence electrons. The van der Waals surface area contributed by atoms with Gasteiger partial charge in [0.05, 0.1) is 0 Å². The maximum Gasteiger partial charge on any atom is 0.0439 e. The number of hydrogen-bond acceptors (Lipinski definition) is 1. The summed E-state index contributed by atoms with van der Waals surface area (Å²) in [6.45, 7) is 1.95. The van der Waals surface area contributed by atoms with Crippen molar-refractivity contribution >= 4 is 27.5 Å². The second-order valence-electron chi connectivity index (χ2n) is 3.14. The molecule has 1 unspecified atom stereocenters. The van der Waals surface area contributed by atoms with Crippen LogP contribution in [0.5, 0.6) is 0 Å². The van der Waals surface area contributed by atoms with Crippen molar-refractivity contribution in [2.75, 3.05) is 0 Å². The molecule has 2 N–H and O–H groups in total. The fourth-order valence-corrected chi connectivity index (χ4v) is 2.11. The van der Waals surface area contributed by atoms with Gasteiger partial charge in [0.25, 0.3) is 0 Å². The first kappa shape index (κ1) is 11.6. The molecule has 0 saturated carbocycles. The highest BCUT2D eigenvalue weighted by molar-refractivity contribution is 9.10. The maximum atomic E-state index is 6.00. The lowest BCUT2D eigenvalue weighted by atomic mass is 10.0. The molecule has 0 aliphatic heterocycles. The predicted molar refractivity (Wildman–Crippen MR) is 64.3 cm³/mol. The van der Waals surface area contributed by atoms with Crippen molar-refractivity contribution in [2.45, 2.75) is 19.4 Å². The van der Waals surface area contributed by atoms with Crippen LogP contribution < -0.4 is 5.73 Å². The largest absolute Gasteiger partial charge is 0.323 e. The van der Waals surface area contributed by atoms with Crippen molar-refractivity contribution in [3.05, 3.63) is 32.8 Å². The molecule has 1 nitrogen and oxygen atoms in total. The second kappa shape index (κ2) is 4.84. The minimum absolute atomic E-state index is 0.160. The average Bonchev–Trinajstić information content (AvgIpc) is 2.11. The molecule has 0 heterocycles. The molecule has 0 aliphatic rings. The first-order chi connectivity index (χ1) is 6.56. The topological polar surface area (TPSA) is 26.0 Å². The summed E-state index contributed by atoms with van der Waals surface area (Å²) >= 11 is 9.45. The molecule has 0 aliphatic carbocycles. The van der Waals surface area contributed by atoms with Gasteiger partial charge in [0.1, 0.15) is 0 Å². The Morgan fingerprint density at radius 3 is 2.86 bits per heavy atom. The summed E-state index contributed by atoms with van der Waals surface area (Å²) in [5.74, 6) is 2.54. The Labute approximate surface area is 97.8 Å². The predicted octanol–water partition coefficient (Wildman–Crippen LogP) is 3.43. The third kappa shape index (κ3) is 2.51. The van der Waals surface area contributed by atoms with Gasteiger partial charge in [0.2, 0.25) is 0 Å². The summed E-state index contributed by atoms with van der Waals surface area (Å²) in [6.07, 6.45) is 5.72. The van der Waals surface area contributed by atoms with Gasteiger partial charge in [-0.05, 0) is 30.2 Å². The van der Waals surface area contributed by atoms with Crippen LogP contribution in [0.15, 0.2) is 16.6 Å². The molecule has 0 saturated heterocycles. The van der Waals surface area contributed by atoms with E-state index >= 15 is 0 Å². The highest BCUT2D eigenvalue weighted by Gasteiger charge is 2.10. The molecule has 1 atom stereocenters. The van der Waals surface area contributed by atoms with Gasteiger partial charge in [-0.2, -0.15) is 0 Å². The van der Waals surface area contributed by atoms with Crippen molar-refractivity contribution in [3.8, 4) is 12.3 Å². The van der Waals surface area contributed by atoms with Crippen LogP contribution in [0.1, 0.15) is 23.6 Å². The zero-order chi connectivity index (χ0) is 10.7. The Kier molecular flexibility index (Phi) is 4.00. The summed E-state index contributed by atoms with van der Waals surface area (Å²) in [6, 6.07) is 3.66. The van der Waals surface area contributed by atoms with E-state index in [1.165, 1.54) is 0 Å². The van der Waals surface area contributed by atoms with Gasteiger partial charge in [0.15, 0.2) is 0 Å². The van der Waals surface area contributed by atoms with Crippen LogP contribution >= 0.6 is 27.5 Å². The molecule has 14 heavy (non-hydrogen) atoms. The number of terminal acetylenes is 1. The summed E-state index contributed by atoms with van der Waals surface area (Å²) in [5, 5.41) is 0.718. The monoisotopic (exact) mass is 271 g/mol. The van der Waals surface area contributed by atoms with Gasteiger partial charge >= 0.3 is 0 Å². The zero-order valence-electron chi connectivity index (χ0n) is 7.85. The molecule has 0 fully saturated rings. The SMILES string of the molecule is C#CCC(N)c1cc(Cl)c(C)cc1Br. The Balaban J connectivity index is 3.10. The van der Waals surface area contributed by atoms with E-state index in [1.807, 2.05) is 19.1 Å². The number of nitrogens with two attached hydrogens (primary N) is 1. The molecule has 1 aromatic rings. The fraction of sp³-hybridized carbons (Fsp3) is 0.273. The molecule has 0 bridgehead atoms. The Hall–Kier alpha value is -0.490. The van der Waals surface area contributed by atoms with E-state index in [0.717, 1.165) is 20.6 Å². The van der Waals surface area contributed by atoms with E-state index < -0.39 is 0 Å². The number of benzene rings is 1. The van der Waals surface area contributed by atoms with Crippen LogP contribution in [0.4, 0.5) is 0 Å². The Morgan fingerprint density at radius 2 is 2.29 bits per heavy atom. The average molecular weight is 273 g/mol. The minimum atomic E-state index is -0.160. The lowest BCUT2D eigenvalue weighted by Gasteiger charge is -2.12. The van der Waals surface area contributed by atoms with Gasteiger partial charge in [-0.1, -0.05) is 27.5 Å². The van der Waals surface area contributed by atoms with Crippen molar-refractivity contribution in [2.24, 2.45) is 5.73 Å². The number of halogens is 2. The number of aryl methyl sites for hydroxylation is 1. The molecule has 1 rings (SSSR count). The van der Waals surface area contributed by atoms with Crippen molar-refractivity contribution < 1.29 is 0 Å². The van der Waals surface area contributed by atoms with E-state index in [2.05, 4.69) is 21.9 Å². The molecule has 3 heteroatoms. The quantitative estimate of drug-likeness (QED) is 0.820. The molecule has 1 aromatic carbocycles. The van der Waals surface area contributed by atoms with E-state index in [4.69, 9.17) is 23.8 Å². The highest BCUT2D eigenvalue weighted by Crippen LogP contribution is 2.29. The smallest absolute Gasteiger partial charge is 0.0439 e. The summed E-state index contributed by atoms with van der Waals surface area (Å²) < 4.78 is 0.960. The number of hydrogen-bond donors (Lipinski definition) is 1. The van der Waals surface area contributed by atoms with Gasteiger partial charge in [-0.3, -0.25) is 0 Å². The van der Waals surface area contributed by atoms with Crippen molar-refractivity contribution in [1.29, 1.82) is 0 Å². The van der Waals surface area contributed by atoms with Crippen LogP contribution in [0.25, 0.3) is 0 Å². The lowest BCUT2D eigenvalue weighted by Crippen LogP contribution is -2.10. The summed E-state index contributed by atoms with van der Waals surface area (Å²) in [7, 11) is 0. The highest BCUT2D eigenvalue weighted by atomic mass is 79.9. The first-order valence-electron chi connectivity index (χ1n) is 4.21. The Bertz CT molecular complexity index is 382. The van der Waals surface area contributed by atoms with Gasteiger partial charge < -0.3 is 5.73 Å². The Morgan fingerprint density at radius 1 is 1.64 bits per heavy atom. The zero-order valence-corrected chi connectivity index (χ0v) is 10.2. The summed E-state index contributed by atoms with van der Waals surface area (Å²) in [4.78, 5) is 0. The second-order valence-corrected chi connectivity index (χ2v) is 4.40. The minimum Gasteiger partial charge on any atom is -0.323 e. The van der Waals surface area contributed by atoms with E-state index in [1.54, 1.807) is 0 Å². The molecular weight excluding hydrogens is 261 g/mol. The van der Waals surface area contributed by atoms with Crippen molar-refractivity contribution in [3.63, 3.8) is 0 Å². The normalized spacial score (nSPS) is 12.2. The van der Waals surface area contributed by atoms with E-state index in [0.29, 0.717) is 6.42 Å². The molecule has 0 spiro atoms. The van der Waals surface area contributed by atoms with E-state index in [-0.39, 0.29) is 6.04 Å². The lowest BCUT2D eigenvalue weighted by molar-refractivity contribution is 0.750. The third-order valence-corrected chi connectivity index (χ3v) is 3.11. The standard InChI is InChI=1S/C11H11BrClN/c1-3-4-11(14)8-6-10(13)7(2)5-9(8)12/h1,5-6,11H,4,14H2,2H3. The van der Waals surface area contributed by atoms with Crippen LogP contribution in [-0.4, -0.2) is 0 Å². The summed E-state index contributed by atoms with van der Waals surface area (Å²) in [5.41, 5.74) is 7.87. The van der Waals surface area contributed by atoms with Gasteiger partial charge in [0, 0.05) is 22.0 Å². The molecule has 0 amide bonds. The van der Waals surface area contributed by atoms with Gasteiger partial charge in [-0.25, -0.2) is 0 Å². The van der Waals surface area contributed by atoms with Crippen LogP contribution in [0.2, 0.25) is 5.02 Å². The first-order valence-corrected chi connectivity index (χ1v) is 5.38. The third-order valence-electron chi connectivity index (χ3n) is 2.02. The van der Waals surface area contributed by atoms with Crippen molar-refractivity contribution in [1.82, 2.24) is 0 Å².